The van der Waals surface area contributed by atoms with Gasteiger partial charge < -0.3 is 10.2 Å². The van der Waals surface area contributed by atoms with Crippen LogP contribution in [-0.2, 0) is 6.54 Å². The normalized spacial score (nSPS) is 15.8. The maximum Gasteiger partial charge on any atom is 0.154 e. The zero-order valence-electron chi connectivity index (χ0n) is 8.36. The third-order valence-electron chi connectivity index (χ3n) is 2.84. The number of H-pyrrole nitrogens is 1. The molecule has 78 valence electrons. The summed E-state index contributed by atoms with van der Waals surface area (Å²) in [7, 11) is 0. The van der Waals surface area contributed by atoms with Crippen molar-refractivity contribution in [2.24, 2.45) is 5.73 Å². The molecule has 15 heavy (non-hydrogen) atoms. The lowest BCUT2D eigenvalue weighted by molar-refractivity contribution is 0.579. The summed E-state index contributed by atoms with van der Waals surface area (Å²) < 4.78 is 5.34. The maximum absolute atomic E-state index is 5.77. The fraction of sp³-hybridized carbons (Fsp3) is 0.364. The van der Waals surface area contributed by atoms with E-state index in [-0.39, 0.29) is 0 Å². The van der Waals surface area contributed by atoms with Crippen molar-refractivity contribution < 1.29 is 4.42 Å². The Balaban J connectivity index is 2.07. The minimum absolute atomic E-state index is 0.512. The van der Waals surface area contributed by atoms with E-state index in [9.17, 15) is 0 Å². The lowest BCUT2D eigenvalue weighted by Gasteiger charge is -1.99. The SMILES string of the molecule is NCc1c(-c2ccco2)n[nH]c1C1CC1. The number of nitrogens with two attached hydrogens (primary N) is 1. The molecule has 2 aromatic heterocycles. The Morgan fingerprint density at radius 1 is 1.53 bits per heavy atom. The first-order valence-corrected chi connectivity index (χ1v) is 5.21. The highest BCUT2D eigenvalue weighted by Gasteiger charge is 2.29. The minimum Gasteiger partial charge on any atom is -0.463 e. The summed E-state index contributed by atoms with van der Waals surface area (Å²) in [6.45, 7) is 0.512. The summed E-state index contributed by atoms with van der Waals surface area (Å²) in [5, 5.41) is 7.38. The Kier molecular flexibility index (Phi) is 1.89. The van der Waals surface area contributed by atoms with Crippen LogP contribution in [0, 0.1) is 0 Å². The van der Waals surface area contributed by atoms with Crippen molar-refractivity contribution in [1.29, 1.82) is 0 Å². The van der Waals surface area contributed by atoms with Gasteiger partial charge in [-0.3, -0.25) is 5.10 Å². The van der Waals surface area contributed by atoms with Crippen molar-refractivity contribution in [3.05, 3.63) is 29.7 Å². The Morgan fingerprint density at radius 2 is 2.40 bits per heavy atom. The zero-order valence-corrected chi connectivity index (χ0v) is 8.36. The lowest BCUT2D eigenvalue weighted by atomic mass is 10.1. The second kappa shape index (κ2) is 3.24. The number of aromatic nitrogens is 2. The van der Waals surface area contributed by atoms with E-state index in [2.05, 4.69) is 10.2 Å². The van der Waals surface area contributed by atoms with Gasteiger partial charge in [0.15, 0.2) is 5.76 Å². The Labute approximate surface area is 87.5 Å². The van der Waals surface area contributed by atoms with E-state index in [4.69, 9.17) is 10.2 Å². The molecule has 1 aliphatic rings. The topological polar surface area (TPSA) is 67.8 Å². The summed E-state index contributed by atoms with van der Waals surface area (Å²) in [5.41, 5.74) is 8.93. The number of nitrogens with one attached hydrogen (secondary N) is 1. The van der Waals surface area contributed by atoms with E-state index in [1.165, 1.54) is 18.5 Å². The van der Waals surface area contributed by atoms with Crippen LogP contribution in [0.5, 0.6) is 0 Å². The van der Waals surface area contributed by atoms with Gasteiger partial charge in [-0.15, -0.1) is 0 Å². The van der Waals surface area contributed by atoms with Crippen LogP contribution in [0.25, 0.3) is 11.5 Å². The van der Waals surface area contributed by atoms with Gasteiger partial charge in [0, 0.05) is 23.7 Å². The zero-order chi connectivity index (χ0) is 10.3. The summed E-state index contributed by atoms with van der Waals surface area (Å²) >= 11 is 0. The molecule has 0 amide bonds. The van der Waals surface area contributed by atoms with Gasteiger partial charge in [-0.1, -0.05) is 0 Å². The molecule has 2 aromatic rings. The average molecular weight is 203 g/mol. The van der Waals surface area contributed by atoms with Crippen LogP contribution in [0.15, 0.2) is 22.8 Å². The monoisotopic (exact) mass is 203 g/mol. The highest BCUT2D eigenvalue weighted by molar-refractivity contribution is 5.59. The molecule has 4 nitrogen and oxygen atoms in total. The molecule has 0 aromatic carbocycles. The smallest absolute Gasteiger partial charge is 0.154 e. The molecular formula is C11H13N3O. The number of furan rings is 1. The molecule has 0 spiro atoms. The third-order valence-corrected chi connectivity index (χ3v) is 2.84. The third kappa shape index (κ3) is 1.37. The van der Waals surface area contributed by atoms with Crippen LogP contribution in [0.1, 0.15) is 30.0 Å². The van der Waals surface area contributed by atoms with Gasteiger partial charge in [-0.25, -0.2) is 0 Å². The van der Waals surface area contributed by atoms with Crippen LogP contribution in [0.3, 0.4) is 0 Å². The highest BCUT2D eigenvalue weighted by atomic mass is 16.3. The fourth-order valence-corrected chi connectivity index (χ4v) is 1.91. The molecule has 2 heterocycles. The maximum atomic E-state index is 5.77. The molecule has 0 bridgehead atoms. The number of nitrogens with zero attached hydrogens (tertiary/aromatic N) is 1. The van der Waals surface area contributed by atoms with Crippen molar-refractivity contribution >= 4 is 0 Å². The van der Waals surface area contributed by atoms with E-state index < -0.39 is 0 Å². The molecule has 0 saturated heterocycles. The summed E-state index contributed by atoms with van der Waals surface area (Å²) in [4.78, 5) is 0. The molecule has 0 atom stereocenters. The Morgan fingerprint density at radius 3 is 3.00 bits per heavy atom. The second-order valence-electron chi connectivity index (χ2n) is 3.92. The minimum atomic E-state index is 0.512. The van der Waals surface area contributed by atoms with Crippen molar-refractivity contribution in [2.45, 2.75) is 25.3 Å². The van der Waals surface area contributed by atoms with Gasteiger partial charge in [0.2, 0.25) is 0 Å². The number of rotatable bonds is 3. The van der Waals surface area contributed by atoms with Crippen LogP contribution in [-0.4, -0.2) is 10.2 Å². The van der Waals surface area contributed by atoms with E-state index >= 15 is 0 Å². The highest BCUT2D eigenvalue weighted by Crippen LogP contribution is 2.42. The van der Waals surface area contributed by atoms with Crippen LogP contribution in [0.2, 0.25) is 0 Å². The van der Waals surface area contributed by atoms with Gasteiger partial charge in [0.25, 0.3) is 0 Å². The first-order valence-electron chi connectivity index (χ1n) is 5.21. The Hall–Kier alpha value is -1.55. The fourth-order valence-electron chi connectivity index (χ4n) is 1.91. The molecule has 0 unspecified atom stereocenters. The standard InChI is InChI=1S/C11H13N3O/c12-6-8-10(7-3-4-7)13-14-11(8)9-2-1-5-15-9/h1-2,5,7H,3-4,6,12H2,(H,13,14). The van der Waals surface area contributed by atoms with Crippen molar-refractivity contribution in [2.75, 3.05) is 0 Å². The van der Waals surface area contributed by atoms with Crippen molar-refractivity contribution in [3.63, 3.8) is 0 Å². The molecule has 0 radical (unpaired) electrons. The molecule has 3 rings (SSSR count). The lowest BCUT2D eigenvalue weighted by Crippen LogP contribution is -2.00. The van der Waals surface area contributed by atoms with E-state index in [0.29, 0.717) is 12.5 Å². The molecule has 0 aliphatic heterocycles. The first-order chi connectivity index (χ1) is 7.40. The average Bonchev–Trinajstić information content (AvgIpc) is 2.83. The molecule has 4 heteroatoms. The van der Waals surface area contributed by atoms with Gasteiger partial charge in [0.1, 0.15) is 5.69 Å². The van der Waals surface area contributed by atoms with Gasteiger partial charge >= 0.3 is 0 Å². The van der Waals surface area contributed by atoms with Gasteiger partial charge in [-0.2, -0.15) is 5.10 Å². The largest absolute Gasteiger partial charge is 0.463 e. The molecule has 1 saturated carbocycles. The van der Waals surface area contributed by atoms with Crippen LogP contribution >= 0.6 is 0 Å². The van der Waals surface area contributed by atoms with E-state index in [1.54, 1.807) is 6.26 Å². The first kappa shape index (κ1) is 8.73. The summed E-state index contributed by atoms with van der Waals surface area (Å²) in [5.74, 6) is 1.43. The number of hydrogen-bond donors (Lipinski definition) is 2. The van der Waals surface area contributed by atoms with Crippen LogP contribution < -0.4 is 5.73 Å². The summed E-state index contributed by atoms with van der Waals surface area (Å²) in [6, 6.07) is 3.77. The summed E-state index contributed by atoms with van der Waals surface area (Å²) in [6.07, 6.45) is 4.14. The quantitative estimate of drug-likeness (QED) is 0.801. The van der Waals surface area contributed by atoms with E-state index in [1.807, 2.05) is 12.1 Å². The predicted octanol–water partition coefficient (Wildman–Crippen LogP) is 2.01. The second-order valence-corrected chi connectivity index (χ2v) is 3.92. The van der Waals surface area contributed by atoms with Crippen LogP contribution in [0.4, 0.5) is 0 Å². The molecular weight excluding hydrogens is 190 g/mol. The molecule has 1 aliphatic carbocycles. The van der Waals surface area contributed by atoms with Crippen molar-refractivity contribution in [1.82, 2.24) is 10.2 Å². The van der Waals surface area contributed by atoms with Gasteiger partial charge in [0.05, 0.1) is 6.26 Å². The number of hydrogen-bond acceptors (Lipinski definition) is 3. The van der Waals surface area contributed by atoms with Gasteiger partial charge in [-0.05, 0) is 25.0 Å². The molecule has 3 N–H and O–H groups in total. The van der Waals surface area contributed by atoms with E-state index in [0.717, 1.165) is 17.0 Å². The van der Waals surface area contributed by atoms with Crippen molar-refractivity contribution in [3.8, 4) is 11.5 Å². The number of aromatic amines is 1. The Bertz CT molecular complexity index is 454. The molecule has 1 fully saturated rings. The predicted molar refractivity (Wildman–Crippen MR) is 56.2 cm³/mol.